The molecule has 0 saturated carbocycles. The van der Waals surface area contributed by atoms with E-state index in [-0.39, 0.29) is 0 Å². The highest BCUT2D eigenvalue weighted by atomic mass is 14.5. The Bertz CT molecular complexity index is 72.8. The van der Waals surface area contributed by atoms with Gasteiger partial charge in [0.2, 0.25) is 0 Å². The molecule has 21 valence electrons. The lowest BCUT2D eigenvalue weighted by Crippen LogP contribution is -1.65. The van der Waals surface area contributed by atoms with Crippen LogP contribution in [0.2, 0.25) is 0 Å². The first-order valence-electron chi connectivity index (χ1n) is 0.994. The molecule has 0 fully saturated rings. The highest BCUT2D eigenvalue weighted by Gasteiger charge is 1.87. The molecule has 0 N–H and O–H groups in total. The van der Waals surface area contributed by atoms with Gasteiger partial charge in [-0.15, -0.1) is 0 Å². The van der Waals surface area contributed by atoms with E-state index in [2.05, 4.69) is 4.76 Å². The van der Waals surface area contributed by atoms with Crippen LogP contribution in [0.4, 0.5) is 0 Å². The molecule has 0 unspecified atom stereocenters. The zero-order valence-electron chi connectivity index (χ0n) is 2.47. The molecule has 5 heavy (non-hydrogen) atoms. The lowest BCUT2D eigenvalue weighted by Gasteiger charge is -1.42. The molecule has 1 radical (unpaired) electrons. The SMILES string of the molecule is [C-]#[N+][B]C#N. The first kappa shape index (κ1) is 4.04. The third-order valence-electron chi connectivity index (χ3n) is 0.122. The molecule has 0 heterocycles. The van der Waals surface area contributed by atoms with Gasteiger partial charge in [-0.3, -0.25) is 6.57 Å². The predicted octanol–water partition coefficient (Wildman–Crippen LogP) is 0.00597. The molecule has 0 amide bonds. The van der Waals surface area contributed by atoms with Gasteiger partial charge in [0.1, 0.15) is 5.97 Å². The Kier molecular flexibility index (Phi) is 2.46. The molecule has 2 nitrogen and oxygen atoms in total. The Balaban J connectivity index is 2.86. The maximum Gasteiger partial charge on any atom is 0.770 e. The quantitative estimate of drug-likeness (QED) is 0.287. The third kappa shape index (κ3) is 3.04. The summed E-state index contributed by atoms with van der Waals surface area (Å²) in [4.78, 5) is 0. The fraction of sp³-hybridized carbons (Fsp3) is 0. The van der Waals surface area contributed by atoms with Crippen molar-refractivity contribution < 1.29 is 0 Å². The highest BCUT2D eigenvalue weighted by Crippen LogP contribution is 1.48. The zero-order chi connectivity index (χ0) is 4.12. The maximum atomic E-state index is 7.55. The summed E-state index contributed by atoms with van der Waals surface area (Å²) in [6.45, 7) is 5.95. The van der Waals surface area contributed by atoms with Crippen molar-refractivity contribution in [1.82, 2.24) is 0 Å². The van der Waals surface area contributed by atoms with Crippen LogP contribution in [0, 0.1) is 17.8 Å². The van der Waals surface area contributed by atoms with Crippen LogP contribution in [0.3, 0.4) is 0 Å². The number of nitrogens with zero attached hydrogens (tertiary/aromatic N) is 2. The summed E-state index contributed by atoms with van der Waals surface area (Å²) in [5, 5.41) is 7.55. The van der Waals surface area contributed by atoms with Crippen molar-refractivity contribution in [2.75, 3.05) is 0 Å². The molecule has 0 bridgehead atoms. The van der Waals surface area contributed by atoms with Crippen LogP contribution in [0.1, 0.15) is 0 Å². The summed E-state index contributed by atoms with van der Waals surface area (Å²) < 4.78 is 2.62. The molecular formula is C2BN2. The van der Waals surface area contributed by atoms with Crippen LogP contribution in [0.25, 0.3) is 4.76 Å². The van der Waals surface area contributed by atoms with Crippen molar-refractivity contribution in [3.8, 4) is 5.97 Å². The molecule has 0 spiro atoms. The molecule has 0 rings (SSSR count). The Morgan fingerprint density at radius 3 is 2.60 bits per heavy atom. The fourth-order valence-corrected chi connectivity index (χ4v) is 0.0289. The summed E-state index contributed by atoms with van der Waals surface area (Å²) in [7, 11) is 0.847. The Hall–Kier alpha value is -0.955. The van der Waals surface area contributed by atoms with E-state index in [1.807, 2.05) is 0 Å². The van der Waals surface area contributed by atoms with Crippen LogP contribution < -0.4 is 0 Å². The van der Waals surface area contributed by atoms with Crippen LogP contribution in [0.5, 0.6) is 0 Å². The van der Waals surface area contributed by atoms with Crippen molar-refractivity contribution in [3.63, 3.8) is 0 Å². The van der Waals surface area contributed by atoms with Gasteiger partial charge in [-0.1, -0.05) is 0 Å². The summed E-state index contributed by atoms with van der Waals surface area (Å²) >= 11 is 0. The summed E-state index contributed by atoms with van der Waals surface area (Å²) in [6, 6.07) is 0. The Labute approximate surface area is 31.1 Å². The van der Waals surface area contributed by atoms with Crippen LogP contribution in [0.15, 0.2) is 0 Å². The minimum atomic E-state index is 0.847. The van der Waals surface area contributed by atoms with Crippen molar-refractivity contribution >= 4 is 7.41 Å². The molecule has 0 atom stereocenters. The van der Waals surface area contributed by atoms with E-state index in [1.54, 1.807) is 0 Å². The van der Waals surface area contributed by atoms with Gasteiger partial charge >= 0.3 is 7.41 Å². The Morgan fingerprint density at radius 1 is 2.00 bits per heavy atom. The van der Waals surface area contributed by atoms with E-state index in [0.717, 1.165) is 7.41 Å². The molecule has 0 aliphatic rings. The smallest absolute Gasteiger partial charge is 0.406 e. The average molecular weight is 62.8 g/mol. The molecule has 3 heteroatoms. The largest absolute Gasteiger partial charge is 0.770 e. The van der Waals surface area contributed by atoms with Crippen molar-refractivity contribution in [2.45, 2.75) is 0 Å². The molecular weight excluding hydrogens is 62.8 g/mol. The highest BCUT2D eigenvalue weighted by molar-refractivity contribution is 6.48. The zero-order valence-corrected chi connectivity index (χ0v) is 2.47. The van der Waals surface area contributed by atoms with Gasteiger partial charge in [0, 0.05) is 0 Å². The van der Waals surface area contributed by atoms with Gasteiger partial charge in [0.15, 0.2) is 0 Å². The lowest BCUT2D eigenvalue weighted by atomic mass is 10.0. The monoisotopic (exact) mass is 63.0 g/mol. The van der Waals surface area contributed by atoms with Crippen LogP contribution in [-0.2, 0) is 0 Å². The number of rotatable bonds is 0. The van der Waals surface area contributed by atoms with E-state index in [1.165, 1.54) is 5.97 Å². The van der Waals surface area contributed by atoms with Gasteiger partial charge in [-0.05, 0) is 0 Å². The summed E-state index contributed by atoms with van der Waals surface area (Å²) in [5.74, 6) is 1.54. The minimum absolute atomic E-state index is 0.847. The fourth-order valence-electron chi connectivity index (χ4n) is 0.0289. The second kappa shape index (κ2) is 3.04. The number of hydrogen-bond donors (Lipinski definition) is 0. The predicted molar refractivity (Wildman–Crippen MR) is 18.0 cm³/mol. The molecule has 0 saturated heterocycles. The molecule has 0 aromatic carbocycles. The first-order chi connectivity index (χ1) is 2.41. The van der Waals surface area contributed by atoms with Crippen molar-refractivity contribution in [2.24, 2.45) is 0 Å². The van der Waals surface area contributed by atoms with Crippen LogP contribution in [-0.4, -0.2) is 7.41 Å². The molecule has 0 aromatic rings. The molecule has 0 aliphatic heterocycles. The average Bonchev–Trinajstić information content (AvgIpc) is 1.41. The standard InChI is InChI=1S/C2BN2/c1-5-3-2-4. The number of hydrogen-bond acceptors (Lipinski definition) is 1. The minimum Gasteiger partial charge on any atom is -0.406 e. The summed E-state index contributed by atoms with van der Waals surface area (Å²) in [6.07, 6.45) is 0. The van der Waals surface area contributed by atoms with Gasteiger partial charge in [-0.25, -0.2) is 5.26 Å². The topological polar surface area (TPSA) is 28.1 Å². The lowest BCUT2D eigenvalue weighted by molar-refractivity contribution is 1.56. The van der Waals surface area contributed by atoms with E-state index in [0.29, 0.717) is 0 Å². The molecule has 0 aromatic heterocycles. The van der Waals surface area contributed by atoms with Gasteiger partial charge in [0.25, 0.3) is 0 Å². The normalized spacial score (nSPS) is 3.60. The second-order valence-electron chi connectivity index (χ2n) is 0.387. The molecule has 0 aliphatic carbocycles. The van der Waals surface area contributed by atoms with Crippen molar-refractivity contribution in [3.05, 3.63) is 11.3 Å². The van der Waals surface area contributed by atoms with E-state index in [4.69, 9.17) is 11.8 Å². The van der Waals surface area contributed by atoms with E-state index in [9.17, 15) is 0 Å². The van der Waals surface area contributed by atoms with Gasteiger partial charge in [-0.2, -0.15) is 0 Å². The third-order valence-corrected chi connectivity index (χ3v) is 0.122. The number of nitriles is 1. The van der Waals surface area contributed by atoms with Gasteiger partial charge in [0.05, 0.1) is 0 Å². The maximum absolute atomic E-state index is 7.55. The van der Waals surface area contributed by atoms with Crippen LogP contribution >= 0.6 is 0 Å². The van der Waals surface area contributed by atoms with Crippen molar-refractivity contribution in [1.29, 1.82) is 5.26 Å². The first-order valence-corrected chi connectivity index (χ1v) is 0.994. The summed E-state index contributed by atoms with van der Waals surface area (Å²) in [5.41, 5.74) is 0. The van der Waals surface area contributed by atoms with E-state index < -0.39 is 0 Å². The second-order valence-corrected chi connectivity index (χ2v) is 0.387. The van der Waals surface area contributed by atoms with Gasteiger partial charge < -0.3 is 4.76 Å². The Morgan fingerprint density at radius 2 is 2.60 bits per heavy atom. The van der Waals surface area contributed by atoms with E-state index >= 15 is 0 Å².